The molecule has 4 heteroatoms. The van der Waals surface area contributed by atoms with Gasteiger partial charge in [-0.1, -0.05) is 13.8 Å². The molecule has 0 aromatic heterocycles. The third-order valence-electron chi connectivity index (χ3n) is 1.93. The first-order valence-corrected chi connectivity index (χ1v) is 5.12. The lowest BCUT2D eigenvalue weighted by atomic mass is 10.1. The van der Waals surface area contributed by atoms with Crippen LogP contribution in [0.4, 0.5) is 0 Å². The molecule has 0 radical (unpaired) electrons. The fourth-order valence-electron chi connectivity index (χ4n) is 1.20. The topological polar surface area (TPSA) is 75.4 Å². The summed E-state index contributed by atoms with van der Waals surface area (Å²) in [5.74, 6) is 2.41. The Labute approximate surface area is 91.2 Å². The van der Waals surface area contributed by atoms with Crippen molar-refractivity contribution in [3.05, 3.63) is 0 Å². The van der Waals surface area contributed by atoms with Gasteiger partial charge in [0.1, 0.15) is 0 Å². The summed E-state index contributed by atoms with van der Waals surface area (Å²) < 4.78 is 0. The summed E-state index contributed by atoms with van der Waals surface area (Å²) in [6, 6.07) is -0.679. The summed E-state index contributed by atoms with van der Waals surface area (Å²) in [6.45, 7) is 4.25. The molecule has 0 aliphatic heterocycles. The van der Waals surface area contributed by atoms with Crippen LogP contribution in [0.25, 0.3) is 0 Å². The lowest BCUT2D eigenvalue weighted by Gasteiger charge is -2.15. The van der Waals surface area contributed by atoms with Crippen LogP contribution in [-0.2, 0) is 4.79 Å². The summed E-state index contributed by atoms with van der Waals surface area (Å²) in [6.07, 6.45) is 5.38. The first kappa shape index (κ1) is 13.9. The molecular weight excluding hydrogens is 192 g/mol. The molecule has 0 heterocycles. The lowest BCUT2D eigenvalue weighted by Crippen LogP contribution is -2.43. The molecule has 4 nitrogen and oxygen atoms in total. The zero-order valence-corrected chi connectivity index (χ0v) is 9.36. The van der Waals surface area contributed by atoms with Crippen molar-refractivity contribution in [2.75, 3.05) is 6.54 Å². The standard InChI is InChI=1S/C11H20N2O2/c1-4-5-10(12)11(15)13-7-9(14)6-8(2)3/h1,8-10,14H,5-7,12H2,2-3H3,(H,13,15). The summed E-state index contributed by atoms with van der Waals surface area (Å²) in [4.78, 5) is 11.3. The zero-order valence-electron chi connectivity index (χ0n) is 9.36. The largest absolute Gasteiger partial charge is 0.391 e. The second-order valence-corrected chi connectivity index (χ2v) is 4.04. The first-order valence-electron chi connectivity index (χ1n) is 5.12. The van der Waals surface area contributed by atoms with Gasteiger partial charge in [0.05, 0.1) is 12.1 Å². The molecule has 0 aliphatic rings. The first-order chi connectivity index (χ1) is 6.97. The van der Waals surface area contributed by atoms with Gasteiger partial charge in [-0.2, -0.15) is 0 Å². The minimum Gasteiger partial charge on any atom is -0.391 e. The number of aliphatic hydroxyl groups is 1. The summed E-state index contributed by atoms with van der Waals surface area (Å²) >= 11 is 0. The predicted octanol–water partition coefficient (Wildman–Crippen LogP) is -0.140. The van der Waals surface area contributed by atoms with Gasteiger partial charge in [0.15, 0.2) is 0 Å². The smallest absolute Gasteiger partial charge is 0.237 e. The molecule has 2 unspecified atom stereocenters. The molecule has 0 rings (SSSR count). The highest BCUT2D eigenvalue weighted by molar-refractivity contribution is 5.81. The maximum atomic E-state index is 11.3. The molecular formula is C11H20N2O2. The van der Waals surface area contributed by atoms with Crippen molar-refractivity contribution < 1.29 is 9.90 Å². The van der Waals surface area contributed by atoms with E-state index in [-0.39, 0.29) is 18.9 Å². The number of nitrogens with one attached hydrogen (secondary N) is 1. The summed E-state index contributed by atoms with van der Waals surface area (Å²) in [5.41, 5.74) is 5.48. The molecule has 0 saturated heterocycles. The Balaban J connectivity index is 3.76. The molecule has 0 aromatic rings. The summed E-state index contributed by atoms with van der Waals surface area (Å²) in [7, 11) is 0. The molecule has 0 aromatic carbocycles. The number of terminal acetylenes is 1. The van der Waals surface area contributed by atoms with E-state index in [9.17, 15) is 9.90 Å². The SMILES string of the molecule is C#CCC(N)C(=O)NCC(O)CC(C)C. The van der Waals surface area contributed by atoms with Crippen LogP contribution in [0.2, 0.25) is 0 Å². The third kappa shape index (κ3) is 6.95. The van der Waals surface area contributed by atoms with Gasteiger partial charge in [0.25, 0.3) is 0 Å². The molecule has 1 amide bonds. The van der Waals surface area contributed by atoms with Crippen LogP contribution in [0.1, 0.15) is 26.7 Å². The van der Waals surface area contributed by atoms with Crippen molar-refractivity contribution in [3.8, 4) is 12.3 Å². The van der Waals surface area contributed by atoms with E-state index in [1.165, 1.54) is 0 Å². The van der Waals surface area contributed by atoms with Gasteiger partial charge in [-0.05, 0) is 12.3 Å². The van der Waals surface area contributed by atoms with Crippen molar-refractivity contribution in [1.29, 1.82) is 0 Å². The molecule has 4 N–H and O–H groups in total. The highest BCUT2D eigenvalue weighted by Crippen LogP contribution is 2.03. The van der Waals surface area contributed by atoms with Gasteiger partial charge in [0.2, 0.25) is 5.91 Å². The molecule has 0 fully saturated rings. The minimum absolute atomic E-state index is 0.214. The Hall–Kier alpha value is -1.05. The maximum Gasteiger partial charge on any atom is 0.237 e. The van der Waals surface area contributed by atoms with E-state index >= 15 is 0 Å². The number of amides is 1. The molecule has 0 saturated carbocycles. The highest BCUT2D eigenvalue weighted by atomic mass is 16.3. The van der Waals surface area contributed by atoms with E-state index in [0.717, 1.165) is 0 Å². The predicted molar refractivity (Wildman–Crippen MR) is 59.9 cm³/mol. The van der Waals surface area contributed by atoms with Gasteiger partial charge in [-0.25, -0.2) is 0 Å². The Bertz CT molecular complexity index is 233. The fraction of sp³-hybridized carbons (Fsp3) is 0.727. The van der Waals surface area contributed by atoms with E-state index in [1.807, 2.05) is 13.8 Å². The van der Waals surface area contributed by atoms with Gasteiger partial charge < -0.3 is 16.2 Å². The quantitative estimate of drug-likeness (QED) is 0.536. The maximum absolute atomic E-state index is 11.3. The van der Waals surface area contributed by atoms with Crippen molar-refractivity contribution in [2.45, 2.75) is 38.8 Å². The average Bonchev–Trinajstić information content (AvgIpc) is 2.13. The van der Waals surface area contributed by atoms with E-state index in [0.29, 0.717) is 12.3 Å². The molecule has 2 atom stereocenters. The molecule has 0 aliphatic carbocycles. The molecule has 0 bridgehead atoms. The minimum atomic E-state index is -0.679. The van der Waals surface area contributed by atoms with E-state index in [2.05, 4.69) is 11.2 Å². The Morgan fingerprint density at radius 1 is 1.60 bits per heavy atom. The van der Waals surface area contributed by atoms with Crippen LogP contribution in [0.5, 0.6) is 0 Å². The van der Waals surface area contributed by atoms with E-state index in [4.69, 9.17) is 12.2 Å². The van der Waals surface area contributed by atoms with Crippen LogP contribution >= 0.6 is 0 Å². The van der Waals surface area contributed by atoms with Crippen molar-refractivity contribution in [1.82, 2.24) is 5.32 Å². The molecule has 0 spiro atoms. The second-order valence-electron chi connectivity index (χ2n) is 4.04. The normalized spacial score (nSPS) is 14.4. The number of carbonyl (C=O) groups excluding carboxylic acids is 1. The average molecular weight is 212 g/mol. The van der Waals surface area contributed by atoms with Crippen LogP contribution in [0.3, 0.4) is 0 Å². The monoisotopic (exact) mass is 212 g/mol. The van der Waals surface area contributed by atoms with Crippen LogP contribution < -0.4 is 11.1 Å². The molecule has 15 heavy (non-hydrogen) atoms. The van der Waals surface area contributed by atoms with Crippen molar-refractivity contribution in [3.63, 3.8) is 0 Å². The Morgan fingerprint density at radius 2 is 2.20 bits per heavy atom. The van der Waals surface area contributed by atoms with Crippen LogP contribution in [0.15, 0.2) is 0 Å². The summed E-state index contributed by atoms with van der Waals surface area (Å²) in [5, 5.41) is 12.0. The van der Waals surface area contributed by atoms with Gasteiger partial charge in [-0.15, -0.1) is 12.3 Å². The van der Waals surface area contributed by atoms with Gasteiger partial charge in [-0.3, -0.25) is 4.79 Å². The number of nitrogens with two attached hydrogens (primary N) is 1. The zero-order chi connectivity index (χ0) is 11.8. The van der Waals surface area contributed by atoms with Crippen molar-refractivity contribution in [2.24, 2.45) is 11.7 Å². The van der Waals surface area contributed by atoms with E-state index < -0.39 is 12.1 Å². The molecule has 86 valence electrons. The Kier molecular flexibility index (Phi) is 6.76. The van der Waals surface area contributed by atoms with Gasteiger partial charge in [0, 0.05) is 13.0 Å². The van der Waals surface area contributed by atoms with Crippen molar-refractivity contribution >= 4 is 5.91 Å². The van der Waals surface area contributed by atoms with Gasteiger partial charge >= 0.3 is 0 Å². The fourth-order valence-corrected chi connectivity index (χ4v) is 1.20. The number of rotatable bonds is 6. The lowest BCUT2D eigenvalue weighted by molar-refractivity contribution is -0.122. The number of hydrogen-bond acceptors (Lipinski definition) is 3. The number of hydrogen-bond donors (Lipinski definition) is 3. The number of aliphatic hydroxyl groups excluding tert-OH is 1. The van der Waals surface area contributed by atoms with E-state index in [1.54, 1.807) is 0 Å². The number of carbonyl (C=O) groups is 1. The second kappa shape index (κ2) is 7.27. The van der Waals surface area contributed by atoms with Crippen LogP contribution in [0, 0.1) is 18.3 Å². The van der Waals surface area contributed by atoms with Crippen LogP contribution in [-0.4, -0.2) is 29.7 Å². The third-order valence-corrected chi connectivity index (χ3v) is 1.93. The Morgan fingerprint density at radius 3 is 2.67 bits per heavy atom. The highest BCUT2D eigenvalue weighted by Gasteiger charge is 2.13.